The average molecular weight is 809 g/mol. The van der Waals surface area contributed by atoms with E-state index in [1.165, 1.54) is 36.6 Å². The maximum Gasteiger partial charge on any atom is 0.387 e. The van der Waals surface area contributed by atoms with Crippen molar-refractivity contribution in [1.29, 1.82) is 0 Å². The van der Waals surface area contributed by atoms with Crippen LogP contribution in [0.25, 0.3) is 0 Å². The van der Waals surface area contributed by atoms with Crippen LogP contribution in [0, 0.1) is 11.1 Å². The number of benzene rings is 2. The van der Waals surface area contributed by atoms with Gasteiger partial charge in [0.1, 0.15) is 33.7 Å². The van der Waals surface area contributed by atoms with E-state index in [4.69, 9.17) is 42.1 Å². The Morgan fingerprint density at radius 3 is 2.41 bits per heavy atom. The number of hydrogen-bond acceptors (Lipinski definition) is 11. The number of rotatable bonds is 18. The van der Waals surface area contributed by atoms with Gasteiger partial charge in [-0.15, -0.1) is 11.3 Å². The molecule has 54 heavy (non-hydrogen) atoms. The number of carbonyl (C=O) groups is 2. The number of aromatic nitrogens is 1. The number of alkyl halides is 2. The number of piperidine rings is 1. The van der Waals surface area contributed by atoms with Gasteiger partial charge in [-0.3, -0.25) is 5.32 Å². The van der Waals surface area contributed by atoms with E-state index in [-0.39, 0.29) is 58.6 Å². The molecule has 3 heterocycles. The van der Waals surface area contributed by atoms with Crippen molar-refractivity contribution in [2.24, 2.45) is 5.92 Å². The Morgan fingerprint density at radius 1 is 1.00 bits per heavy atom. The van der Waals surface area contributed by atoms with Crippen molar-refractivity contribution < 1.29 is 46.8 Å². The van der Waals surface area contributed by atoms with Crippen molar-refractivity contribution in [3.8, 4) is 11.5 Å². The van der Waals surface area contributed by atoms with Crippen LogP contribution in [0.3, 0.4) is 0 Å². The fourth-order valence-electron chi connectivity index (χ4n) is 5.87. The van der Waals surface area contributed by atoms with Gasteiger partial charge in [-0.2, -0.15) is 13.5 Å². The van der Waals surface area contributed by atoms with Gasteiger partial charge in [0, 0.05) is 30.5 Å². The zero-order chi connectivity index (χ0) is 38.6. The minimum absolute atomic E-state index is 0.0248. The summed E-state index contributed by atoms with van der Waals surface area (Å²) in [7, 11) is 3.54. The largest absolute Gasteiger partial charge is 0.619 e. The van der Waals surface area contributed by atoms with Crippen molar-refractivity contribution in [2.75, 3.05) is 47.1 Å². The quantitative estimate of drug-likeness (QED) is 0.0479. The number of halogens is 4. The topological polar surface area (TPSA) is 122 Å². The molecule has 2 atom stereocenters. The summed E-state index contributed by atoms with van der Waals surface area (Å²) < 4.78 is 54.0. The van der Waals surface area contributed by atoms with Gasteiger partial charge >= 0.3 is 18.6 Å². The van der Waals surface area contributed by atoms with E-state index in [0.717, 1.165) is 48.8 Å². The second-order valence-electron chi connectivity index (χ2n) is 12.7. The molecule has 0 aliphatic carbocycles. The van der Waals surface area contributed by atoms with Crippen molar-refractivity contribution in [1.82, 2.24) is 10.2 Å². The van der Waals surface area contributed by atoms with E-state index in [9.17, 15) is 23.6 Å². The van der Waals surface area contributed by atoms with Gasteiger partial charge in [0.25, 0.3) is 0 Å². The lowest BCUT2D eigenvalue weighted by atomic mass is 9.98. The van der Waals surface area contributed by atoms with Gasteiger partial charge in [0.2, 0.25) is 0 Å². The number of carbonyl (C=O) groups excluding carboxylic acids is 2. The van der Waals surface area contributed by atoms with Crippen LogP contribution < -0.4 is 19.5 Å². The number of thiophene rings is 1. The maximum atomic E-state index is 13.7. The van der Waals surface area contributed by atoms with E-state index in [1.807, 2.05) is 30.3 Å². The molecular weight excluding hydrogens is 767 g/mol. The summed E-state index contributed by atoms with van der Waals surface area (Å²) in [5.41, 5.74) is 1.43. The van der Waals surface area contributed by atoms with Crippen molar-refractivity contribution in [3.05, 3.63) is 115 Å². The fraction of sp³-hybridized carbons (Fsp3) is 0.395. The van der Waals surface area contributed by atoms with Crippen LogP contribution in [-0.4, -0.2) is 70.5 Å². The number of hydrogen-bond donors (Lipinski definition) is 1. The van der Waals surface area contributed by atoms with Gasteiger partial charge in [-0.25, -0.2) is 9.59 Å². The van der Waals surface area contributed by atoms with E-state index < -0.39 is 24.7 Å². The highest BCUT2D eigenvalue weighted by Crippen LogP contribution is 2.37. The number of esters is 2. The van der Waals surface area contributed by atoms with Crippen LogP contribution in [0.5, 0.6) is 11.5 Å². The van der Waals surface area contributed by atoms with E-state index in [2.05, 4.69) is 22.0 Å². The average Bonchev–Trinajstić information content (AvgIpc) is 3.63. The van der Waals surface area contributed by atoms with Crippen LogP contribution in [0.1, 0.15) is 56.2 Å². The first kappa shape index (κ1) is 41.1. The molecule has 0 amide bonds. The molecule has 1 saturated heterocycles. The fourth-order valence-corrected chi connectivity index (χ4v) is 7.31. The van der Waals surface area contributed by atoms with E-state index in [1.54, 1.807) is 12.1 Å². The molecule has 11 nitrogen and oxygen atoms in total. The second kappa shape index (κ2) is 20.0. The standard InChI is InChI=1S/C38H41Cl2F2N3O8S/c1-44-14-12-24(13-15-44)23-51-37(47)35(25-6-4-3-5-7-25)43-20-27-9-11-34(54-27)36(46)52-32(19-28-29(39)21-45(48)22-30(28)40)26-8-10-31(53-38(41)42)33(18-26)50-17-16-49-2/h3-11,18,21-22,24,32,35,38,43H,12-17,19-20,23H2,1-2H3/t32?,35-/m0/s1. The summed E-state index contributed by atoms with van der Waals surface area (Å²) in [5, 5.41) is 15.3. The Labute approximate surface area is 326 Å². The SMILES string of the molecule is COCCOc1cc(C(Cc2c(Cl)c[n+]([O-])cc2Cl)OC(=O)c2ccc(CN[C@H](C(=O)OCC3CCN(C)CC3)c3ccccc3)s2)ccc1OC(F)F. The van der Waals surface area contributed by atoms with E-state index >= 15 is 0 Å². The van der Waals surface area contributed by atoms with Crippen LogP contribution in [-0.2, 0) is 32.0 Å². The lowest BCUT2D eigenvalue weighted by molar-refractivity contribution is -0.605. The normalized spacial score (nSPS) is 14.8. The Bertz CT molecular complexity index is 1820. The van der Waals surface area contributed by atoms with Gasteiger partial charge in [0.05, 0.1) is 13.2 Å². The highest BCUT2D eigenvalue weighted by Gasteiger charge is 2.27. The van der Waals surface area contributed by atoms with Crippen molar-refractivity contribution >= 4 is 46.5 Å². The molecule has 290 valence electrons. The minimum Gasteiger partial charge on any atom is -0.619 e. The Morgan fingerprint density at radius 2 is 1.72 bits per heavy atom. The number of likely N-dealkylation sites (tertiary alicyclic amines) is 1. The highest BCUT2D eigenvalue weighted by molar-refractivity contribution is 7.13. The number of nitrogens with zero attached hydrogens (tertiary/aromatic N) is 2. The first-order valence-corrected chi connectivity index (χ1v) is 18.8. The molecule has 16 heteroatoms. The van der Waals surface area contributed by atoms with Crippen LogP contribution in [0.15, 0.2) is 73.1 Å². The lowest BCUT2D eigenvalue weighted by Gasteiger charge is -2.29. The van der Waals surface area contributed by atoms with Gasteiger partial charge in [-0.05, 0) is 74.3 Å². The van der Waals surface area contributed by atoms with Crippen molar-refractivity contribution in [2.45, 2.75) is 44.6 Å². The molecule has 0 spiro atoms. The summed E-state index contributed by atoms with van der Waals surface area (Å²) in [6, 6.07) is 16.1. The zero-order valence-electron chi connectivity index (χ0n) is 29.7. The summed E-state index contributed by atoms with van der Waals surface area (Å²) in [6.45, 7) is -0.382. The van der Waals surface area contributed by atoms with Gasteiger partial charge in [0.15, 0.2) is 23.9 Å². The number of ether oxygens (including phenoxy) is 5. The molecule has 1 fully saturated rings. The molecule has 0 radical (unpaired) electrons. The highest BCUT2D eigenvalue weighted by atomic mass is 35.5. The number of methoxy groups -OCH3 is 1. The molecular formula is C38H41Cl2F2N3O8S. The molecule has 4 aromatic rings. The molecule has 1 aliphatic heterocycles. The third kappa shape index (κ3) is 11.7. The summed E-state index contributed by atoms with van der Waals surface area (Å²) in [4.78, 5) is 30.3. The minimum atomic E-state index is -3.12. The number of pyridine rings is 1. The second-order valence-corrected chi connectivity index (χ2v) is 14.7. The van der Waals surface area contributed by atoms with Crippen LogP contribution in [0.2, 0.25) is 10.0 Å². The summed E-state index contributed by atoms with van der Waals surface area (Å²) in [5.74, 6) is -1.02. The first-order valence-electron chi connectivity index (χ1n) is 17.2. The molecule has 2 aromatic carbocycles. The monoisotopic (exact) mass is 807 g/mol. The molecule has 1 unspecified atom stereocenters. The predicted octanol–water partition coefficient (Wildman–Crippen LogP) is 7.17. The van der Waals surface area contributed by atoms with Gasteiger partial charge < -0.3 is 33.8 Å². The zero-order valence-corrected chi connectivity index (χ0v) is 32.0. The molecule has 2 aromatic heterocycles. The van der Waals surface area contributed by atoms with Gasteiger partial charge in [-0.1, -0.05) is 59.6 Å². The van der Waals surface area contributed by atoms with E-state index in [0.29, 0.717) is 28.4 Å². The molecule has 1 aliphatic rings. The molecule has 1 N–H and O–H groups in total. The summed E-state index contributed by atoms with van der Waals surface area (Å²) >= 11 is 13.9. The maximum absolute atomic E-state index is 13.7. The third-order valence-electron chi connectivity index (χ3n) is 8.81. The van der Waals surface area contributed by atoms with Crippen molar-refractivity contribution in [3.63, 3.8) is 0 Å². The smallest absolute Gasteiger partial charge is 0.387 e. The Kier molecular flexibility index (Phi) is 15.3. The molecule has 0 saturated carbocycles. The Hall–Kier alpha value is -4.05. The molecule has 5 rings (SSSR count). The molecule has 0 bridgehead atoms. The number of nitrogens with one attached hydrogen (secondary N) is 1. The first-order chi connectivity index (χ1) is 26.0. The summed E-state index contributed by atoms with van der Waals surface area (Å²) in [6.07, 6.45) is 3.03. The predicted molar refractivity (Wildman–Crippen MR) is 199 cm³/mol. The third-order valence-corrected chi connectivity index (χ3v) is 10.5. The van der Waals surface area contributed by atoms with Crippen LogP contribution in [0.4, 0.5) is 8.78 Å². The van der Waals surface area contributed by atoms with Crippen LogP contribution >= 0.6 is 34.5 Å². The Balaban J connectivity index is 1.33. The lowest BCUT2D eigenvalue weighted by Crippen LogP contribution is -2.34.